The molecular weight excluding hydrogens is 404 g/mol. The van der Waals surface area contributed by atoms with Crippen LogP contribution in [0.3, 0.4) is 0 Å². The summed E-state index contributed by atoms with van der Waals surface area (Å²) in [5.41, 5.74) is 0.451. The summed E-state index contributed by atoms with van der Waals surface area (Å²) >= 11 is 0. The highest BCUT2D eigenvalue weighted by molar-refractivity contribution is 5.90. The number of rotatable bonds is 8. The Morgan fingerprint density at radius 3 is 2.28 bits per heavy atom. The van der Waals surface area contributed by atoms with Crippen LogP contribution in [0.5, 0.6) is 0 Å². The number of ketones is 1. The van der Waals surface area contributed by atoms with Crippen molar-refractivity contribution in [2.75, 3.05) is 40.8 Å². The molecule has 1 saturated heterocycles. The van der Waals surface area contributed by atoms with Crippen molar-refractivity contribution in [3.8, 4) is 0 Å². The van der Waals surface area contributed by atoms with E-state index in [0.29, 0.717) is 13.0 Å². The normalized spacial score (nSPS) is 26.1. The van der Waals surface area contributed by atoms with Gasteiger partial charge in [-0.3, -0.25) is 24.6 Å². The van der Waals surface area contributed by atoms with E-state index in [1.54, 1.807) is 25.8 Å². The topological polar surface area (TPSA) is 81.8 Å². The van der Waals surface area contributed by atoms with Gasteiger partial charge in [0.1, 0.15) is 0 Å². The Bertz CT molecular complexity index is 842. The van der Waals surface area contributed by atoms with Gasteiger partial charge in [0, 0.05) is 25.6 Å². The molecule has 2 aliphatic rings. The van der Waals surface area contributed by atoms with Crippen LogP contribution in [0.15, 0.2) is 30.3 Å². The molecule has 2 N–H and O–H groups in total. The van der Waals surface area contributed by atoms with E-state index in [-0.39, 0.29) is 41.6 Å². The minimum atomic E-state index is -0.836. The summed E-state index contributed by atoms with van der Waals surface area (Å²) < 4.78 is 0. The highest BCUT2D eigenvalue weighted by Crippen LogP contribution is 2.52. The average molecular weight is 443 g/mol. The van der Waals surface area contributed by atoms with Crippen LogP contribution in [-0.4, -0.2) is 73.7 Å². The minimum absolute atomic E-state index is 0.00580. The number of hydrogen-bond acceptors (Lipinski definition) is 5. The second-order valence-corrected chi connectivity index (χ2v) is 10.3. The van der Waals surface area contributed by atoms with E-state index in [9.17, 15) is 14.4 Å². The fourth-order valence-electron chi connectivity index (χ4n) is 5.38. The molecule has 1 saturated carbocycles. The fourth-order valence-corrected chi connectivity index (χ4v) is 5.38. The van der Waals surface area contributed by atoms with Crippen LogP contribution >= 0.6 is 0 Å². The van der Waals surface area contributed by atoms with Gasteiger partial charge < -0.3 is 10.2 Å². The first-order valence-corrected chi connectivity index (χ1v) is 11.5. The predicted octanol–water partition coefficient (Wildman–Crippen LogP) is 1.92. The van der Waals surface area contributed by atoms with Gasteiger partial charge in [0.25, 0.3) is 0 Å². The molecular formula is C25H38N4O3. The minimum Gasteiger partial charge on any atom is -0.358 e. The Hall–Kier alpha value is -2.25. The van der Waals surface area contributed by atoms with Crippen LogP contribution in [-0.2, 0) is 19.9 Å². The summed E-state index contributed by atoms with van der Waals surface area (Å²) in [4.78, 5) is 41.3. The Kier molecular flexibility index (Phi) is 7.10. The van der Waals surface area contributed by atoms with Gasteiger partial charge in [-0.05, 0) is 64.6 Å². The molecule has 1 aromatic rings. The highest BCUT2D eigenvalue weighted by atomic mass is 16.2. The molecule has 1 aliphatic carbocycles. The van der Waals surface area contributed by atoms with Gasteiger partial charge >= 0.3 is 0 Å². The van der Waals surface area contributed by atoms with E-state index in [2.05, 4.69) is 53.9 Å². The molecule has 3 rings (SSSR count). The first kappa shape index (κ1) is 24.4. The smallest absolute Gasteiger partial charge is 0.239 e. The lowest BCUT2D eigenvalue weighted by Crippen LogP contribution is -2.53. The third kappa shape index (κ3) is 4.89. The quantitative estimate of drug-likeness (QED) is 0.643. The monoisotopic (exact) mass is 442 g/mol. The molecule has 0 aromatic heterocycles. The summed E-state index contributed by atoms with van der Waals surface area (Å²) in [6.07, 6.45) is 4.47. The van der Waals surface area contributed by atoms with Crippen molar-refractivity contribution in [2.24, 2.45) is 5.41 Å². The van der Waals surface area contributed by atoms with Crippen molar-refractivity contribution in [3.63, 3.8) is 0 Å². The van der Waals surface area contributed by atoms with E-state index < -0.39 is 5.54 Å². The molecule has 176 valence electrons. The first-order chi connectivity index (χ1) is 15.0. The maximum atomic E-state index is 12.8. The lowest BCUT2D eigenvalue weighted by Gasteiger charge is -2.48. The molecule has 1 aromatic carbocycles. The van der Waals surface area contributed by atoms with E-state index in [4.69, 9.17) is 0 Å². The van der Waals surface area contributed by atoms with E-state index >= 15 is 0 Å². The number of hydrogen-bond donors (Lipinski definition) is 2. The van der Waals surface area contributed by atoms with Gasteiger partial charge in [-0.15, -0.1) is 0 Å². The van der Waals surface area contributed by atoms with Crippen molar-refractivity contribution in [1.82, 2.24) is 20.4 Å². The number of carbonyl (C=O) groups is 3. The van der Waals surface area contributed by atoms with E-state index in [1.807, 2.05) is 6.07 Å². The number of nitrogens with one attached hydrogen (secondary N) is 2. The van der Waals surface area contributed by atoms with Gasteiger partial charge in [0.2, 0.25) is 11.8 Å². The van der Waals surface area contributed by atoms with Crippen molar-refractivity contribution in [3.05, 3.63) is 35.9 Å². The van der Waals surface area contributed by atoms with Gasteiger partial charge in [0.15, 0.2) is 5.78 Å². The van der Waals surface area contributed by atoms with Crippen LogP contribution in [0.4, 0.5) is 0 Å². The number of likely N-dealkylation sites (tertiary alicyclic amines) is 1. The maximum Gasteiger partial charge on any atom is 0.239 e. The molecule has 7 heteroatoms. The molecule has 0 bridgehead atoms. The first-order valence-electron chi connectivity index (χ1n) is 11.5. The zero-order valence-electron chi connectivity index (χ0n) is 20.2. The number of carbonyl (C=O) groups excluding carboxylic acids is 3. The maximum absolute atomic E-state index is 12.8. The van der Waals surface area contributed by atoms with Crippen LogP contribution in [0.1, 0.15) is 51.5 Å². The van der Waals surface area contributed by atoms with Gasteiger partial charge in [0.05, 0.1) is 18.6 Å². The number of Topliss-reactive ketones (excluding diaryl/α,β-unsaturated/α-hetero) is 1. The largest absolute Gasteiger partial charge is 0.358 e. The summed E-state index contributed by atoms with van der Waals surface area (Å²) in [6, 6.07) is 10.6. The number of likely N-dealkylation sites (N-methyl/N-ethyl adjacent to an activating group) is 1. The molecule has 2 fully saturated rings. The molecule has 1 spiro atoms. The summed E-state index contributed by atoms with van der Waals surface area (Å²) in [7, 11) is 5.86. The van der Waals surface area contributed by atoms with Crippen molar-refractivity contribution in [2.45, 2.75) is 57.0 Å². The van der Waals surface area contributed by atoms with Crippen LogP contribution in [0.25, 0.3) is 0 Å². The number of benzene rings is 1. The standard InChI is InChI=1S/C25H38N4O3/c1-23(2,22(32)26-3)27-16-20(30)17-29-18-24(15-21(29)31)11-13-25(14-12-24,28(4)5)19-9-7-6-8-10-19/h6-10,27H,11-18H2,1-5H3,(H,26,32). The van der Waals surface area contributed by atoms with Gasteiger partial charge in [-0.1, -0.05) is 30.3 Å². The molecule has 1 aliphatic heterocycles. The fraction of sp³-hybridized carbons (Fsp3) is 0.640. The average Bonchev–Trinajstić information content (AvgIpc) is 3.07. The van der Waals surface area contributed by atoms with Crippen LogP contribution < -0.4 is 10.6 Å². The van der Waals surface area contributed by atoms with E-state index in [1.165, 1.54) is 5.56 Å². The Morgan fingerprint density at radius 1 is 1.09 bits per heavy atom. The lowest BCUT2D eigenvalue weighted by atomic mass is 9.64. The van der Waals surface area contributed by atoms with Gasteiger partial charge in [-0.25, -0.2) is 0 Å². The van der Waals surface area contributed by atoms with Crippen molar-refractivity contribution in [1.29, 1.82) is 0 Å². The number of nitrogens with zero attached hydrogens (tertiary/aromatic N) is 2. The van der Waals surface area contributed by atoms with E-state index in [0.717, 1.165) is 25.7 Å². The third-order valence-electron chi connectivity index (χ3n) is 7.60. The summed E-state index contributed by atoms with van der Waals surface area (Å²) in [5.74, 6) is -0.178. The molecule has 1 heterocycles. The molecule has 0 atom stereocenters. The zero-order valence-corrected chi connectivity index (χ0v) is 20.2. The highest BCUT2D eigenvalue weighted by Gasteiger charge is 2.50. The second kappa shape index (κ2) is 9.32. The van der Waals surface area contributed by atoms with Crippen molar-refractivity contribution >= 4 is 17.6 Å². The molecule has 2 amide bonds. The Morgan fingerprint density at radius 2 is 1.72 bits per heavy atom. The van der Waals surface area contributed by atoms with Gasteiger partial charge in [-0.2, -0.15) is 0 Å². The predicted molar refractivity (Wildman–Crippen MR) is 125 cm³/mol. The van der Waals surface area contributed by atoms with Crippen LogP contribution in [0.2, 0.25) is 0 Å². The second-order valence-electron chi connectivity index (χ2n) is 10.3. The molecule has 7 nitrogen and oxygen atoms in total. The van der Waals surface area contributed by atoms with Crippen LogP contribution in [0, 0.1) is 5.41 Å². The van der Waals surface area contributed by atoms with Crippen molar-refractivity contribution < 1.29 is 14.4 Å². The molecule has 32 heavy (non-hydrogen) atoms. The molecule has 0 radical (unpaired) electrons. The Balaban J connectivity index is 1.60. The summed E-state index contributed by atoms with van der Waals surface area (Å²) in [6.45, 7) is 4.29. The summed E-state index contributed by atoms with van der Waals surface area (Å²) in [5, 5.41) is 5.60. The zero-order chi connectivity index (χ0) is 23.6. The third-order valence-corrected chi connectivity index (χ3v) is 7.60. The Labute approximate surface area is 191 Å². The molecule has 0 unspecified atom stereocenters. The number of amides is 2. The lowest BCUT2D eigenvalue weighted by molar-refractivity contribution is -0.132. The SMILES string of the molecule is CNC(=O)C(C)(C)NCC(=O)CN1CC2(CCC(c3ccccc3)(N(C)C)CC2)CC1=O.